The molecule has 3 aromatic carbocycles. The smallest absolute Gasteiger partial charge is 0.260 e. The molecule has 5 nitrogen and oxygen atoms in total. The van der Waals surface area contributed by atoms with Crippen LogP contribution in [0.5, 0.6) is 0 Å². The molecular formula is C26H17N3O2S2. The highest BCUT2D eigenvalue weighted by Gasteiger charge is 2.42. The number of rotatable bonds is 2. The number of benzene rings is 3. The van der Waals surface area contributed by atoms with Gasteiger partial charge in [0.1, 0.15) is 5.71 Å². The Morgan fingerprint density at radius 3 is 2.15 bits per heavy atom. The van der Waals surface area contributed by atoms with Gasteiger partial charge in [0, 0.05) is 23.0 Å². The maximum absolute atomic E-state index is 14.0. The number of hydrogen-bond donors (Lipinski definition) is 0. The van der Waals surface area contributed by atoms with Crippen LogP contribution in [0.15, 0.2) is 100 Å². The van der Waals surface area contributed by atoms with Gasteiger partial charge in [0.2, 0.25) is 5.12 Å². The number of anilines is 1. The lowest BCUT2D eigenvalue weighted by Crippen LogP contribution is -2.22. The monoisotopic (exact) mass is 467 g/mol. The van der Waals surface area contributed by atoms with Gasteiger partial charge in [-0.05, 0) is 22.1 Å². The molecule has 1 fully saturated rings. The second kappa shape index (κ2) is 7.79. The lowest BCUT2D eigenvalue weighted by atomic mass is 10.0. The topological polar surface area (TPSA) is 62.1 Å². The minimum absolute atomic E-state index is 0.0746. The third kappa shape index (κ3) is 3.08. The molecule has 3 heterocycles. The van der Waals surface area contributed by atoms with E-state index in [0.29, 0.717) is 20.6 Å². The molecule has 1 unspecified atom stereocenters. The number of carbonyl (C=O) groups excluding carboxylic acids is 2. The predicted octanol–water partition coefficient (Wildman–Crippen LogP) is 4.91. The van der Waals surface area contributed by atoms with Crippen LogP contribution in [0, 0.1) is 0 Å². The van der Waals surface area contributed by atoms with E-state index in [1.54, 1.807) is 11.9 Å². The molecule has 6 rings (SSSR count). The quantitative estimate of drug-likeness (QED) is 0.397. The summed E-state index contributed by atoms with van der Waals surface area (Å²) >= 11 is 1.28. The Morgan fingerprint density at radius 2 is 1.42 bits per heavy atom. The highest BCUT2D eigenvalue weighted by molar-refractivity contribution is 8.59. The minimum Gasteiger partial charge on any atom is -0.311 e. The first-order chi connectivity index (χ1) is 16.1. The van der Waals surface area contributed by atoms with Gasteiger partial charge in [0.15, 0.2) is 4.38 Å². The van der Waals surface area contributed by atoms with Crippen molar-refractivity contribution >= 4 is 59.5 Å². The number of carbonyl (C=O) groups is 2. The van der Waals surface area contributed by atoms with E-state index in [-0.39, 0.29) is 11.0 Å². The number of hydrogen-bond acceptors (Lipinski definition) is 5. The van der Waals surface area contributed by atoms with Crippen LogP contribution >= 0.6 is 22.2 Å². The minimum atomic E-state index is -0.947. The van der Waals surface area contributed by atoms with E-state index in [2.05, 4.69) is 10.2 Å². The van der Waals surface area contributed by atoms with Crippen molar-refractivity contribution in [2.75, 3.05) is 11.9 Å². The molecule has 3 aliphatic rings. The average molecular weight is 468 g/mol. The Hall–Kier alpha value is -3.55. The summed E-state index contributed by atoms with van der Waals surface area (Å²) in [6.45, 7) is 0. The van der Waals surface area contributed by atoms with Crippen LogP contribution in [0.25, 0.3) is 5.57 Å². The largest absolute Gasteiger partial charge is 0.311 e. The predicted molar refractivity (Wildman–Crippen MR) is 138 cm³/mol. The Labute approximate surface area is 197 Å². The number of nitrogens with zero attached hydrogens (tertiary/aromatic N) is 3. The maximum atomic E-state index is 14.0. The Morgan fingerprint density at radius 1 is 0.788 bits per heavy atom. The molecular weight excluding hydrogens is 450 g/mol. The van der Waals surface area contributed by atoms with Crippen LogP contribution in [0.1, 0.15) is 16.7 Å². The molecule has 3 aliphatic heterocycles. The molecule has 1 atom stereocenters. The van der Waals surface area contributed by atoms with Gasteiger partial charge >= 0.3 is 0 Å². The number of amides is 1. The van der Waals surface area contributed by atoms with Crippen LogP contribution in [0.3, 0.4) is 0 Å². The molecule has 160 valence electrons. The third-order valence-electron chi connectivity index (χ3n) is 5.75. The van der Waals surface area contributed by atoms with Crippen LogP contribution in [0.2, 0.25) is 0 Å². The second-order valence-corrected chi connectivity index (χ2v) is 10.7. The van der Waals surface area contributed by atoms with Gasteiger partial charge in [0.05, 0.1) is 16.2 Å². The molecule has 0 aliphatic carbocycles. The number of para-hydroxylation sites is 1. The van der Waals surface area contributed by atoms with Gasteiger partial charge < -0.3 is 4.90 Å². The lowest BCUT2D eigenvalue weighted by Gasteiger charge is -2.17. The van der Waals surface area contributed by atoms with Crippen LogP contribution in [-0.4, -0.2) is 33.0 Å². The number of thioether (sulfide) groups is 1. The van der Waals surface area contributed by atoms with Gasteiger partial charge in [-0.3, -0.25) is 9.59 Å². The molecule has 1 amide bonds. The van der Waals surface area contributed by atoms with Gasteiger partial charge in [-0.15, -0.1) is 10.2 Å². The SMILES string of the molecule is CN1C(=O)/C(=C2\SC3=NN=C(c4ccccc4)C(c4ccccc4)=S3C2=O)c2ccccc21. The zero-order chi connectivity index (χ0) is 22.5. The summed E-state index contributed by atoms with van der Waals surface area (Å²) in [6, 6.07) is 27.2. The first kappa shape index (κ1) is 20.1. The van der Waals surface area contributed by atoms with Crippen LogP contribution < -0.4 is 4.90 Å². The van der Waals surface area contributed by atoms with Crippen molar-refractivity contribution in [3.8, 4) is 0 Å². The van der Waals surface area contributed by atoms with Crippen molar-refractivity contribution in [3.63, 3.8) is 0 Å². The van der Waals surface area contributed by atoms with Crippen molar-refractivity contribution in [2.45, 2.75) is 0 Å². The molecule has 0 N–H and O–H groups in total. The highest BCUT2D eigenvalue weighted by atomic mass is 32.2. The summed E-state index contributed by atoms with van der Waals surface area (Å²) in [5, 5.41) is 8.96. The molecule has 0 spiro atoms. The van der Waals surface area contributed by atoms with Crippen molar-refractivity contribution in [1.82, 2.24) is 0 Å². The Bertz CT molecular complexity index is 1470. The van der Waals surface area contributed by atoms with Crippen molar-refractivity contribution < 1.29 is 9.59 Å². The Kier molecular flexibility index (Phi) is 4.74. The number of likely N-dealkylation sites (N-methyl/N-ethyl adjacent to an activating group) is 1. The van der Waals surface area contributed by atoms with Gasteiger partial charge in [0.25, 0.3) is 5.91 Å². The van der Waals surface area contributed by atoms with E-state index in [1.165, 1.54) is 11.8 Å². The van der Waals surface area contributed by atoms with E-state index in [0.717, 1.165) is 27.2 Å². The average Bonchev–Trinajstić information content (AvgIpc) is 3.33. The summed E-state index contributed by atoms with van der Waals surface area (Å²) in [4.78, 5) is 30.0. The first-order valence-electron chi connectivity index (χ1n) is 10.4. The fourth-order valence-electron chi connectivity index (χ4n) is 4.19. The van der Waals surface area contributed by atoms with E-state index in [9.17, 15) is 9.59 Å². The molecule has 3 aromatic rings. The zero-order valence-corrected chi connectivity index (χ0v) is 19.2. The van der Waals surface area contributed by atoms with Crippen molar-refractivity contribution in [1.29, 1.82) is 0 Å². The molecule has 7 heteroatoms. The molecule has 0 bridgehead atoms. The molecule has 0 saturated carbocycles. The summed E-state index contributed by atoms with van der Waals surface area (Å²) in [7, 11) is 0.793. The van der Waals surface area contributed by atoms with E-state index >= 15 is 0 Å². The van der Waals surface area contributed by atoms with Gasteiger partial charge in [-0.1, -0.05) is 90.6 Å². The molecule has 1 saturated heterocycles. The standard InChI is InChI=1S/C26H17N3O2S2/c1-29-19-15-9-8-14-18(19)20(24(29)30)22-25(31)33-23(17-12-6-3-7-13-17)21(27-28-26(33)32-22)16-10-4-2-5-11-16/h2-15H,1H3/b22-20-. The lowest BCUT2D eigenvalue weighted by molar-refractivity contribution is -0.113. The maximum Gasteiger partial charge on any atom is 0.260 e. The van der Waals surface area contributed by atoms with E-state index < -0.39 is 10.5 Å². The normalized spacial score (nSPS) is 21.7. The van der Waals surface area contributed by atoms with E-state index in [4.69, 9.17) is 0 Å². The van der Waals surface area contributed by atoms with Crippen molar-refractivity contribution in [2.24, 2.45) is 10.2 Å². The Balaban J connectivity index is 1.59. The molecule has 0 radical (unpaired) electrons. The molecule has 0 aromatic heterocycles. The van der Waals surface area contributed by atoms with Crippen LogP contribution in [-0.2, 0) is 9.59 Å². The van der Waals surface area contributed by atoms with Crippen molar-refractivity contribution in [3.05, 3.63) is 107 Å². The first-order valence-corrected chi connectivity index (χ1v) is 12.4. The summed E-state index contributed by atoms with van der Waals surface area (Å²) < 4.78 is 0.640. The highest BCUT2D eigenvalue weighted by Crippen LogP contribution is 2.51. The third-order valence-corrected chi connectivity index (χ3v) is 9.32. The summed E-state index contributed by atoms with van der Waals surface area (Å²) in [6.07, 6.45) is 0. The second-order valence-electron chi connectivity index (χ2n) is 7.66. The fraction of sp³-hybridized carbons (Fsp3) is 0.0385. The summed E-state index contributed by atoms with van der Waals surface area (Å²) in [5.41, 5.74) is 4.60. The zero-order valence-electron chi connectivity index (χ0n) is 17.6. The fourth-order valence-corrected chi connectivity index (χ4v) is 7.91. The van der Waals surface area contributed by atoms with Gasteiger partial charge in [-0.25, -0.2) is 0 Å². The number of fused-ring (bicyclic) bond motifs is 2. The molecule has 33 heavy (non-hydrogen) atoms. The van der Waals surface area contributed by atoms with Gasteiger partial charge in [-0.2, -0.15) is 0 Å². The summed E-state index contributed by atoms with van der Waals surface area (Å²) in [5.74, 6) is -0.165. The van der Waals surface area contributed by atoms with E-state index in [1.807, 2.05) is 84.9 Å². The van der Waals surface area contributed by atoms with Crippen LogP contribution in [0.4, 0.5) is 5.69 Å².